The molecule has 0 radical (unpaired) electrons. The third kappa shape index (κ3) is 7.11. The second kappa shape index (κ2) is 12.0. The number of carbonyl (C=O) groups is 2. The molecule has 1 aliphatic carbocycles. The number of ether oxygens (including phenoxy) is 3. The van der Waals surface area contributed by atoms with Gasteiger partial charge in [0.1, 0.15) is 11.4 Å². The van der Waals surface area contributed by atoms with Crippen molar-refractivity contribution in [3.63, 3.8) is 0 Å². The minimum Gasteiger partial charge on any atom is -0.494 e. The van der Waals surface area contributed by atoms with Crippen molar-refractivity contribution >= 4 is 17.8 Å². The summed E-state index contributed by atoms with van der Waals surface area (Å²) in [6.45, 7) is 5.90. The molecule has 2 aromatic carbocycles. The van der Waals surface area contributed by atoms with Crippen LogP contribution in [0.4, 0.5) is 0 Å². The molecule has 2 aliphatic rings. The van der Waals surface area contributed by atoms with Crippen LogP contribution in [0.15, 0.2) is 59.6 Å². The number of aliphatic hydroxyl groups is 1. The lowest BCUT2D eigenvalue weighted by molar-refractivity contribution is -0.155. The standard InChI is InChI=1S/C29H37N3O6/c1-28(2,3)38-24(34)16-17-29(27(35)32-31-22-12-13-22)25(20-8-5-4-6-9-20)37-26(30-29)21-10-14-23(15-11-21)36-19-7-18-33/h4-6,8-11,14-15,22,25,31,33H,7,12-13,16-19H2,1-3H3,(H,32,35)/t25-,29-/m0/s1. The van der Waals surface area contributed by atoms with Crippen molar-refractivity contribution in [2.75, 3.05) is 13.2 Å². The van der Waals surface area contributed by atoms with Crippen molar-refractivity contribution in [2.24, 2.45) is 4.99 Å². The Morgan fingerprint density at radius 3 is 2.45 bits per heavy atom. The van der Waals surface area contributed by atoms with Gasteiger partial charge in [-0.3, -0.25) is 15.0 Å². The number of rotatable bonds is 12. The maximum Gasteiger partial charge on any atom is 0.306 e. The summed E-state index contributed by atoms with van der Waals surface area (Å²) in [6.07, 6.45) is 1.87. The average molecular weight is 524 g/mol. The monoisotopic (exact) mass is 523 g/mol. The van der Waals surface area contributed by atoms with Gasteiger partial charge in [0.2, 0.25) is 5.90 Å². The summed E-state index contributed by atoms with van der Waals surface area (Å²) in [4.78, 5) is 31.4. The van der Waals surface area contributed by atoms with E-state index in [9.17, 15) is 9.59 Å². The molecule has 4 rings (SSSR count). The fourth-order valence-electron chi connectivity index (χ4n) is 4.19. The zero-order valence-electron chi connectivity index (χ0n) is 22.2. The maximum absolute atomic E-state index is 13.8. The number of nitrogens with one attached hydrogen (secondary N) is 2. The zero-order valence-corrected chi connectivity index (χ0v) is 22.2. The molecule has 38 heavy (non-hydrogen) atoms. The van der Waals surface area contributed by atoms with Crippen LogP contribution in [0.5, 0.6) is 5.75 Å². The molecule has 2 aromatic rings. The highest BCUT2D eigenvalue weighted by atomic mass is 16.6. The lowest BCUT2D eigenvalue weighted by Crippen LogP contribution is -2.53. The SMILES string of the molecule is CC(C)(C)OC(=O)CC[C@]1(C(=O)NNC2CC2)N=C(c2ccc(OCCCO)cc2)O[C@H]1c1ccccc1. The molecule has 0 unspecified atom stereocenters. The Morgan fingerprint density at radius 2 is 1.82 bits per heavy atom. The van der Waals surface area contributed by atoms with E-state index in [0.717, 1.165) is 18.4 Å². The Kier molecular flexibility index (Phi) is 8.69. The van der Waals surface area contributed by atoms with Crippen LogP contribution < -0.4 is 15.6 Å². The summed E-state index contributed by atoms with van der Waals surface area (Å²) < 4.78 is 17.6. The van der Waals surface area contributed by atoms with Crippen LogP contribution in [0.1, 0.15) is 70.1 Å². The van der Waals surface area contributed by atoms with Gasteiger partial charge >= 0.3 is 5.97 Å². The minimum atomic E-state index is -1.40. The number of hydrogen-bond donors (Lipinski definition) is 3. The summed E-state index contributed by atoms with van der Waals surface area (Å²) in [5.74, 6) is 0.204. The van der Waals surface area contributed by atoms with E-state index in [4.69, 9.17) is 24.3 Å². The molecular formula is C29H37N3O6. The first-order chi connectivity index (χ1) is 18.2. The van der Waals surface area contributed by atoms with E-state index >= 15 is 0 Å². The van der Waals surface area contributed by atoms with E-state index in [-0.39, 0.29) is 31.4 Å². The number of carbonyl (C=O) groups excluding carboxylic acids is 2. The van der Waals surface area contributed by atoms with Crippen molar-refractivity contribution in [3.8, 4) is 5.75 Å². The van der Waals surface area contributed by atoms with Crippen molar-refractivity contribution < 1.29 is 28.9 Å². The molecule has 9 heteroatoms. The Hall–Kier alpha value is -3.43. The predicted octanol–water partition coefficient (Wildman–Crippen LogP) is 3.61. The summed E-state index contributed by atoms with van der Waals surface area (Å²) in [7, 11) is 0. The second-order valence-corrected chi connectivity index (χ2v) is 10.7. The first kappa shape index (κ1) is 27.6. The lowest BCUT2D eigenvalue weighted by atomic mass is 9.83. The Morgan fingerprint density at radius 1 is 1.11 bits per heavy atom. The van der Waals surface area contributed by atoms with Gasteiger partial charge in [0.05, 0.1) is 6.61 Å². The summed E-state index contributed by atoms with van der Waals surface area (Å²) in [5, 5.41) is 8.97. The Labute approximate surface area is 223 Å². The van der Waals surface area contributed by atoms with Gasteiger partial charge in [0, 0.05) is 31.1 Å². The quantitative estimate of drug-likeness (QED) is 0.221. The molecule has 0 saturated heterocycles. The normalized spacial score (nSPS) is 20.8. The molecule has 2 atom stereocenters. The zero-order chi connectivity index (χ0) is 27.2. The number of hydrogen-bond acceptors (Lipinski definition) is 8. The van der Waals surface area contributed by atoms with E-state index in [1.165, 1.54) is 0 Å². The summed E-state index contributed by atoms with van der Waals surface area (Å²) in [6, 6.07) is 16.9. The van der Waals surface area contributed by atoms with Gasteiger partial charge in [0.25, 0.3) is 5.91 Å². The highest BCUT2D eigenvalue weighted by Crippen LogP contribution is 2.43. The van der Waals surface area contributed by atoms with Gasteiger partial charge in [0.15, 0.2) is 11.6 Å². The summed E-state index contributed by atoms with van der Waals surface area (Å²) >= 11 is 0. The number of nitrogens with zero attached hydrogens (tertiary/aromatic N) is 1. The summed E-state index contributed by atoms with van der Waals surface area (Å²) in [5.41, 5.74) is 5.33. The first-order valence-electron chi connectivity index (χ1n) is 13.1. The molecule has 1 heterocycles. The topological polar surface area (TPSA) is 118 Å². The van der Waals surface area contributed by atoms with Gasteiger partial charge in [-0.2, -0.15) is 0 Å². The number of esters is 1. The highest BCUT2D eigenvalue weighted by Gasteiger charge is 2.53. The van der Waals surface area contributed by atoms with Crippen LogP contribution in [0.3, 0.4) is 0 Å². The van der Waals surface area contributed by atoms with Gasteiger partial charge in [-0.15, -0.1) is 0 Å². The molecule has 9 nitrogen and oxygen atoms in total. The molecule has 0 spiro atoms. The van der Waals surface area contributed by atoms with Crippen LogP contribution in [-0.4, -0.2) is 53.3 Å². The average Bonchev–Trinajstić information content (AvgIpc) is 3.64. The van der Waals surface area contributed by atoms with E-state index in [2.05, 4.69) is 10.9 Å². The van der Waals surface area contributed by atoms with Gasteiger partial charge in [-0.25, -0.2) is 10.4 Å². The Bertz CT molecular complexity index is 1130. The van der Waals surface area contributed by atoms with E-state index in [0.29, 0.717) is 30.2 Å². The van der Waals surface area contributed by atoms with E-state index in [1.54, 1.807) is 12.1 Å². The van der Waals surface area contributed by atoms with Crippen LogP contribution in [0.2, 0.25) is 0 Å². The van der Waals surface area contributed by atoms with E-state index < -0.39 is 23.2 Å². The van der Waals surface area contributed by atoms with Gasteiger partial charge < -0.3 is 19.3 Å². The molecule has 0 aromatic heterocycles. The molecule has 0 bridgehead atoms. The fourth-order valence-corrected chi connectivity index (χ4v) is 4.19. The number of benzene rings is 2. The number of amides is 1. The van der Waals surface area contributed by atoms with Crippen molar-refractivity contribution in [1.82, 2.24) is 10.9 Å². The first-order valence-corrected chi connectivity index (χ1v) is 13.1. The molecule has 1 aliphatic heterocycles. The third-order valence-corrected chi connectivity index (χ3v) is 6.23. The molecule has 204 valence electrons. The van der Waals surface area contributed by atoms with Gasteiger partial charge in [-0.1, -0.05) is 30.3 Å². The van der Waals surface area contributed by atoms with Crippen molar-refractivity contribution in [2.45, 2.75) is 76.2 Å². The Balaban J connectivity index is 1.66. The van der Waals surface area contributed by atoms with Gasteiger partial charge in [-0.05, 0) is 69.9 Å². The second-order valence-electron chi connectivity index (χ2n) is 10.7. The fraction of sp³-hybridized carbons (Fsp3) is 0.483. The third-order valence-electron chi connectivity index (χ3n) is 6.23. The number of aliphatic imine (C=N–C) groups is 1. The molecule has 1 amide bonds. The maximum atomic E-state index is 13.8. The van der Waals surface area contributed by atoms with Crippen molar-refractivity contribution in [3.05, 3.63) is 65.7 Å². The highest BCUT2D eigenvalue weighted by molar-refractivity contribution is 6.01. The van der Waals surface area contributed by atoms with Crippen molar-refractivity contribution in [1.29, 1.82) is 0 Å². The number of hydrazine groups is 1. The lowest BCUT2D eigenvalue weighted by Gasteiger charge is -2.31. The smallest absolute Gasteiger partial charge is 0.306 e. The van der Waals surface area contributed by atoms with Crippen LogP contribution in [0.25, 0.3) is 0 Å². The largest absolute Gasteiger partial charge is 0.494 e. The minimum absolute atomic E-state index is 0.00474. The van der Waals surface area contributed by atoms with Crippen LogP contribution in [0, 0.1) is 0 Å². The predicted molar refractivity (Wildman–Crippen MR) is 143 cm³/mol. The van der Waals surface area contributed by atoms with Crippen LogP contribution >= 0.6 is 0 Å². The molecule has 1 fully saturated rings. The molecule has 1 saturated carbocycles. The molecule has 3 N–H and O–H groups in total. The number of aliphatic hydroxyl groups excluding tert-OH is 1. The van der Waals surface area contributed by atoms with Crippen LogP contribution in [-0.2, 0) is 19.1 Å². The van der Waals surface area contributed by atoms with E-state index in [1.807, 2.05) is 63.2 Å². The molecular weight excluding hydrogens is 486 g/mol.